The summed E-state index contributed by atoms with van der Waals surface area (Å²) in [7, 11) is 0. The van der Waals surface area contributed by atoms with Gasteiger partial charge < -0.3 is 14.0 Å². The Morgan fingerprint density at radius 3 is 2.31 bits per heavy atom. The first-order valence-electron chi connectivity index (χ1n) is 14.8. The van der Waals surface area contributed by atoms with Gasteiger partial charge in [0.25, 0.3) is 0 Å². The van der Waals surface area contributed by atoms with Crippen LogP contribution in [0, 0.1) is 0 Å². The maximum atomic E-state index is 13.2. The molecule has 42 heavy (non-hydrogen) atoms. The minimum atomic E-state index is -4.43. The predicted octanol–water partition coefficient (Wildman–Crippen LogP) is 7.72. The Bertz CT molecular complexity index is 1480. The van der Waals surface area contributed by atoms with E-state index in [1.807, 2.05) is 30.3 Å². The Morgan fingerprint density at radius 1 is 0.857 bits per heavy atom. The molecule has 5 rings (SSSR count). The molecule has 1 saturated heterocycles. The average molecular weight is 581 g/mol. The summed E-state index contributed by atoms with van der Waals surface area (Å²) in [5, 5.41) is 0. The molecule has 1 aliphatic rings. The highest BCUT2D eigenvalue weighted by molar-refractivity contribution is 5.82. The van der Waals surface area contributed by atoms with Crippen molar-refractivity contribution in [3.05, 3.63) is 72.3 Å². The number of ether oxygens (including phenoxy) is 2. The van der Waals surface area contributed by atoms with Gasteiger partial charge in [0.05, 0.1) is 16.6 Å². The van der Waals surface area contributed by atoms with Crippen molar-refractivity contribution < 1.29 is 22.6 Å². The quantitative estimate of drug-likeness (QED) is 0.182. The van der Waals surface area contributed by atoms with Crippen molar-refractivity contribution in [3.63, 3.8) is 0 Å². The summed E-state index contributed by atoms with van der Waals surface area (Å²) in [5.41, 5.74) is 1.94. The summed E-state index contributed by atoms with van der Waals surface area (Å²) in [6, 6.07) is 18.8. The first kappa shape index (κ1) is 29.9. The van der Waals surface area contributed by atoms with Crippen molar-refractivity contribution in [1.82, 2.24) is 19.4 Å². The number of unbranched alkanes of at least 4 members (excludes halogenated alkanes) is 1. The molecule has 0 bridgehead atoms. The normalized spacial score (nSPS) is 15.0. The molecule has 1 aliphatic heterocycles. The Balaban J connectivity index is 1.33. The maximum absolute atomic E-state index is 13.2. The van der Waals surface area contributed by atoms with E-state index in [2.05, 4.69) is 41.2 Å². The minimum Gasteiger partial charge on any atom is -0.492 e. The van der Waals surface area contributed by atoms with Gasteiger partial charge in [-0.3, -0.25) is 9.80 Å². The smallest absolute Gasteiger partial charge is 0.416 e. The summed E-state index contributed by atoms with van der Waals surface area (Å²) in [5.74, 6) is 2.17. The average Bonchev–Trinajstić information content (AvgIpc) is 3.34. The third kappa shape index (κ3) is 7.25. The van der Waals surface area contributed by atoms with Crippen molar-refractivity contribution in [2.75, 3.05) is 39.3 Å². The molecule has 1 fully saturated rings. The van der Waals surface area contributed by atoms with E-state index < -0.39 is 11.7 Å². The summed E-state index contributed by atoms with van der Waals surface area (Å²) < 4.78 is 53.8. The predicted molar refractivity (Wildman–Crippen MR) is 160 cm³/mol. The number of halogens is 3. The molecule has 0 N–H and O–H groups in total. The summed E-state index contributed by atoms with van der Waals surface area (Å²) in [6.07, 6.45) is -2.43. The molecule has 0 atom stereocenters. The monoisotopic (exact) mass is 580 g/mol. The lowest BCUT2D eigenvalue weighted by Crippen LogP contribution is -2.49. The molecule has 4 aromatic rings. The zero-order valence-corrected chi connectivity index (χ0v) is 24.5. The topological polar surface area (TPSA) is 42.8 Å². The Morgan fingerprint density at radius 2 is 1.60 bits per heavy atom. The fourth-order valence-electron chi connectivity index (χ4n) is 5.32. The molecule has 9 heteroatoms. The Kier molecular flexibility index (Phi) is 9.38. The first-order chi connectivity index (χ1) is 20.2. The number of piperazine rings is 1. The number of rotatable bonds is 11. The summed E-state index contributed by atoms with van der Waals surface area (Å²) in [4.78, 5) is 9.90. The number of aromatic nitrogens is 2. The van der Waals surface area contributed by atoms with Crippen LogP contribution in [0.4, 0.5) is 13.2 Å². The third-order valence-corrected chi connectivity index (χ3v) is 7.76. The van der Waals surface area contributed by atoms with Crippen molar-refractivity contribution in [3.8, 4) is 28.6 Å². The van der Waals surface area contributed by atoms with Crippen LogP contribution in [0.5, 0.6) is 17.2 Å². The van der Waals surface area contributed by atoms with Crippen molar-refractivity contribution >= 4 is 11.0 Å². The second kappa shape index (κ2) is 13.2. The largest absolute Gasteiger partial charge is 0.492 e. The Hall–Kier alpha value is -3.56. The van der Waals surface area contributed by atoms with E-state index in [0.717, 1.165) is 92.4 Å². The summed E-state index contributed by atoms with van der Waals surface area (Å²) >= 11 is 0. The molecule has 0 amide bonds. The van der Waals surface area contributed by atoms with Gasteiger partial charge in [0.15, 0.2) is 0 Å². The Labute approximate surface area is 245 Å². The second-order valence-electron chi connectivity index (χ2n) is 11.1. The van der Waals surface area contributed by atoms with Gasteiger partial charge in [0, 0.05) is 56.9 Å². The molecule has 0 radical (unpaired) electrons. The van der Waals surface area contributed by atoms with Crippen LogP contribution in [-0.4, -0.2) is 64.7 Å². The molecule has 0 spiro atoms. The fourth-order valence-corrected chi connectivity index (χ4v) is 5.32. The molecular formula is C33H39F3N4O2. The van der Waals surface area contributed by atoms with Crippen LogP contribution in [0.15, 0.2) is 66.7 Å². The van der Waals surface area contributed by atoms with E-state index in [-0.39, 0.29) is 5.75 Å². The van der Waals surface area contributed by atoms with E-state index >= 15 is 0 Å². The van der Waals surface area contributed by atoms with Crippen molar-refractivity contribution in [1.29, 1.82) is 0 Å². The lowest BCUT2D eigenvalue weighted by Gasteiger charge is -2.36. The first-order valence-corrected chi connectivity index (χ1v) is 14.8. The fraction of sp³-hybridized carbons (Fsp3) is 0.424. The number of aryl methyl sites for hydroxylation is 1. The number of fused-ring (bicyclic) bond motifs is 1. The van der Waals surface area contributed by atoms with Gasteiger partial charge >= 0.3 is 6.18 Å². The van der Waals surface area contributed by atoms with Crippen LogP contribution in [-0.2, 0) is 12.7 Å². The van der Waals surface area contributed by atoms with E-state index in [9.17, 15) is 13.2 Å². The molecule has 6 nitrogen and oxygen atoms in total. The number of hydrogen-bond donors (Lipinski definition) is 0. The van der Waals surface area contributed by atoms with E-state index in [0.29, 0.717) is 18.4 Å². The minimum absolute atomic E-state index is 0.130. The van der Waals surface area contributed by atoms with Gasteiger partial charge in [-0.05, 0) is 62.7 Å². The van der Waals surface area contributed by atoms with E-state index in [1.54, 1.807) is 6.07 Å². The highest BCUT2D eigenvalue weighted by Gasteiger charge is 2.30. The van der Waals surface area contributed by atoms with Gasteiger partial charge in [-0.25, -0.2) is 4.98 Å². The number of hydrogen-bond acceptors (Lipinski definition) is 5. The van der Waals surface area contributed by atoms with Crippen LogP contribution in [0.2, 0.25) is 0 Å². The zero-order chi connectivity index (χ0) is 29.7. The van der Waals surface area contributed by atoms with E-state index in [1.165, 1.54) is 12.1 Å². The molecule has 3 aromatic carbocycles. The lowest BCUT2D eigenvalue weighted by molar-refractivity contribution is -0.137. The number of benzene rings is 3. The number of nitrogens with zero attached hydrogens (tertiary/aromatic N) is 4. The molecule has 2 heterocycles. The van der Waals surface area contributed by atoms with Gasteiger partial charge in [0.2, 0.25) is 0 Å². The molecular weight excluding hydrogens is 541 g/mol. The molecule has 0 saturated carbocycles. The molecule has 1 aromatic heterocycles. The van der Waals surface area contributed by atoms with Crippen LogP contribution < -0.4 is 9.47 Å². The number of imidazole rings is 1. The van der Waals surface area contributed by atoms with Crippen molar-refractivity contribution in [2.45, 2.75) is 52.4 Å². The van der Waals surface area contributed by atoms with Gasteiger partial charge in [0.1, 0.15) is 29.7 Å². The third-order valence-electron chi connectivity index (χ3n) is 7.76. The van der Waals surface area contributed by atoms with E-state index in [4.69, 9.17) is 14.5 Å². The van der Waals surface area contributed by atoms with Crippen LogP contribution in [0.1, 0.15) is 39.2 Å². The molecule has 224 valence electrons. The summed E-state index contributed by atoms with van der Waals surface area (Å²) in [6.45, 7) is 13.2. The molecule has 0 aliphatic carbocycles. The standard InChI is InChI=1S/C33H39F3N4O2/c1-4-5-14-40-31-23-27(41-20-19-38-15-17-39(18-16-38)24(2)3)12-13-30(31)37-32(40)25-8-6-10-28(21-25)42-29-11-7-9-26(22-29)33(34,35)36/h6-13,21-24H,4-5,14-20H2,1-3H3. The zero-order valence-electron chi connectivity index (χ0n) is 24.5. The van der Waals surface area contributed by atoms with Gasteiger partial charge in [-0.1, -0.05) is 31.5 Å². The SMILES string of the molecule is CCCCn1c(-c2cccc(Oc3cccc(C(F)(F)F)c3)c2)nc2ccc(OCCN3CCN(C(C)C)CC3)cc21. The molecule has 0 unspecified atom stereocenters. The van der Waals surface area contributed by atoms with Gasteiger partial charge in [-0.15, -0.1) is 0 Å². The van der Waals surface area contributed by atoms with Crippen LogP contribution in [0.25, 0.3) is 22.4 Å². The maximum Gasteiger partial charge on any atom is 0.416 e. The number of alkyl halides is 3. The van der Waals surface area contributed by atoms with Gasteiger partial charge in [-0.2, -0.15) is 13.2 Å². The lowest BCUT2D eigenvalue weighted by atomic mass is 10.2. The highest BCUT2D eigenvalue weighted by atomic mass is 19.4. The highest BCUT2D eigenvalue weighted by Crippen LogP contribution is 2.34. The van der Waals surface area contributed by atoms with Crippen molar-refractivity contribution in [2.24, 2.45) is 0 Å². The van der Waals surface area contributed by atoms with Crippen LogP contribution >= 0.6 is 0 Å². The van der Waals surface area contributed by atoms with Crippen LogP contribution in [0.3, 0.4) is 0 Å². The second-order valence-corrected chi connectivity index (χ2v) is 11.1.